The number of hydrogen-bond acceptors (Lipinski definition) is 2. The van der Waals surface area contributed by atoms with Gasteiger partial charge in [0.25, 0.3) is 5.91 Å². The number of carboxylic acids is 1. The van der Waals surface area contributed by atoms with Gasteiger partial charge < -0.3 is 10.4 Å². The molecule has 2 aromatic rings. The van der Waals surface area contributed by atoms with E-state index in [1.807, 2.05) is 0 Å². The van der Waals surface area contributed by atoms with Crippen molar-refractivity contribution in [2.75, 3.05) is 5.32 Å². The molecule has 0 fully saturated rings. The maximum atomic E-state index is 12.0. The van der Waals surface area contributed by atoms with Crippen LogP contribution in [0.25, 0.3) is 6.08 Å². The number of rotatable bonds is 4. The molecule has 0 atom stereocenters. The maximum Gasteiger partial charge on any atom is 0.328 e. The van der Waals surface area contributed by atoms with Crippen LogP contribution in [0.15, 0.2) is 54.6 Å². The van der Waals surface area contributed by atoms with Gasteiger partial charge in [0.2, 0.25) is 0 Å². The van der Waals surface area contributed by atoms with Crippen LogP contribution in [0, 0.1) is 0 Å². The quantitative estimate of drug-likeness (QED) is 0.846. The van der Waals surface area contributed by atoms with Crippen molar-refractivity contribution >= 4 is 35.2 Å². The van der Waals surface area contributed by atoms with Crippen molar-refractivity contribution in [3.8, 4) is 0 Å². The van der Waals surface area contributed by atoms with E-state index < -0.39 is 5.97 Å². The molecule has 0 unspecified atom stereocenters. The Kier molecular flexibility index (Phi) is 4.74. The van der Waals surface area contributed by atoms with Crippen LogP contribution in [0.3, 0.4) is 0 Å². The minimum atomic E-state index is -1.01. The van der Waals surface area contributed by atoms with E-state index in [1.165, 1.54) is 6.08 Å². The molecule has 106 valence electrons. The SMILES string of the molecule is O=C(O)/C=C/c1ccc(NC(=O)c2ccccc2Cl)cc1. The lowest BCUT2D eigenvalue weighted by atomic mass is 10.1. The van der Waals surface area contributed by atoms with Crippen molar-refractivity contribution in [2.24, 2.45) is 0 Å². The fourth-order valence-electron chi connectivity index (χ4n) is 1.69. The predicted octanol–water partition coefficient (Wildman–Crippen LogP) is 3.69. The predicted molar refractivity (Wildman–Crippen MR) is 82.5 cm³/mol. The summed E-state index contributed by atoms with van der Waals surface area (Å²) in [5, 5.41) is 11.7. The summed E-state index contributed by atoms with van der Waals surface area (Å²) in [4.78, 5) is 22.5. The van der Waals surface area contributed by atoms with Gasteiger partial charge in [0.15, 0.2) is 0 Å². The molecular formula is C16H12ClNO3. The maximum absolute atomic E-state index is 12.0. The molecule has 2 aromatic carbocycles. The van der Waals surface area contributed by atoms with Crippen LogP contribution in [0.5, 0.6) is 0 Å². The topological polar surface area (TPSA) is 66.4 Å². The molecule has 0 bridgehead atoms. The number of halogens is 1. The van der Waals surface area contributed by atoms with E-state index in [2.05, 4.69) is 5.32 Å². The Morgan fingerprint density at radius 1 is 1.05 bits per heavy atom. The number of anilines is 1. The van der Waals surface area contributed by atoms with E-state index in [4.69, 9.17) is 16.7 Å². The van der Waals surface area contributed by atoms with E-state index in [-0.39, 0.29) is 5.91 Å². The van der Waals surface area contributed by atoms with Gasteiger partial charge in [-0.15, -0.1) is 0 Å². The highest BCUT2D eigenvalue weighted by Gasteiger charge is 2.09. The highest BCUT2D eigenvalue weighted by Crippen LogP contribution is 2.17. The Hall–Kier alpha value is -2.59. The molecule has 0 aliphatic rings. The molecule has 2 N–H and O–H groups in total. The fourth-order valence-corrected chi connectivity index (χ4v) is 1.91. The molecule has 21 heavy (non-hydrogen) atoms. The summed E-state index contributed by atoms with van der Waals surface area (Å²) in [7, 11) is 0. The molecular weight excluding hydrogens is 290 g/mol. The summed E-state index contributed by atoms with van der Waals surface area (Å²) in [6.45, 7) is 0. The molecule has 0 saturated carbocycles. The number of amides is 1. The molecule has 2 rings (SSSR count). The first kappa shape index (κ1) is 14.8. The zero-order chi connectivity index (χ0) is 15.2. The summed E-state index contributed by atoms with van der Waals surface area (Å²) in [6, 6.07) is 13.6. The van der Waals surface area contributed by atoms with Crippen molar-refractivity contribution in [3.63, 3.8) is 0 Å². The molecule has 4 nitrogen and oxygen atoms in total. The smallest absolute Gasteiger partial charge is 0.328 e. The number of nitrogens with one attached hydrogen (secondary N) is 1. The molecule has 0 aliphatic carbocycles. The van der Waals surface area contributed by atoms with Gasteiger partial charge in [-0.3, -0.25) is 4.79 Å². The summed E-state index contributed by atoms with van der Waals surface area (Å²) in [5.74, 6) is -1.31. The van der Waals surface area contributed by atoms with Gasteiger partial charge in [-0.1, -0.05) is 35.9 Å². The average Bonchev–Trinajstić information content (AvgIpc) is 2.47. The molecule has 0 saturated heterocycles. The Bertz CT molecular complexity index is 693. The fraction of sp³-hybridized carbons (Fsp3) is 0. The third-order valence-electron chi connectivity index (χ3n) is 2.71. The highest BCUT2D eigenvalue weighted by atomic mass is 35.5. The Morgan fingerprint density at radius 2 is 1.71 bits per heavy atom. The second-order valence-electron chi connectivity index (χ2n) is 4.23. The van der Waals surface area contributed by atoms with Crippen molar-refractivity contribution in [3.05, 3.63) is 70.8 Å². The zero-order valence-electron chi connectivity index (χ0n) is 10.9. The van der Waals surface area contributed by atoms with Gasteiger partial charge in [0.1, 0.15) is 0 Å². The molecule has 0 spiro atoms. The summed E-state index contributed by atoms with van der Waals surface area (Å²) in [6.07, 6.45) is 2.53. The van der Waals surface area contributed by atoms with Gasteiger partial charge in [-0.2, -0.15) is 0 Å². The van der Waals surface area contributed by atoms with Crippen LogP contribution in [-0.2, 0) is 4.79 Å². The third-order valence-corrected chi connectivity index (χ3v) is 3.03. The molecule has 1 amide bonds. The Labute approximate surface area is 126 Å². The normalized spacial score (nSPS) is 10.5. The number of carbonyl (C=O) groups is 2. The van der Waals surface area contributed by atoms with Crippen LogP contribution in [0.4, 0.5) is 5.69 Å². The summed E-state index contributed by atoms with van der Waals surface area (Å²) >= 11 is 5.96. The summed E-state index contributed by atoms with van der Waals surface area (Å²) in [5.41, 5.74) is 1.73. The van der Waals surface area contributed by atoms with E-state index >= 15 is 0 Å². The lowest BCUT2D eigenvalue weighted by Gasteiger charge is -2.06. The first-order valence-corrected chi connectivity index (χ1v) is 6.51. The van der Waals surface area contributed by atoms with E-state index in [9.17, 15) is 9.59 Å². The van der Waals surface area contributed by atoms with Crippen LogP contribution >= 0.6 is 11.6 Å². The molecule has 5 heteroatoms. The number of hydrogen-bond donors (Lipinski definition) is 2. The summed E-state index contributed by atoms with van der Waals surface area (Å²) < 4.78 is 0. The first-order chi connectivity index (χ1) is 10.1. The van der Waals surface area contributed by atoms with Crippen LogP contribution in [0.1, 0.15) is 15.9 Å². The van der Waals surface area contributed by atoms with Crippen LogP contribution in [0.2, 0.25) is 5.02 Å². The van der Waals surface area contributed by atoms with Crippen LogP contribution in [-0.4, -0.2) is 17.0 Å². The average molecular weight is 302 g/mol. The monoisotopic (exact) mass is 301 g/mol. The van der Waals surface area contributed by atoms with Crippen molar-refractivity contribution < 1.29 is 14.7 Å². The number of carboxylic acid groups (broad SMARTS) is 1. The van der Waals surface area contributed by atoms with Gasteiger partial charge >= 0.3 is 5.97 Å². The molecule has 0 aromatic heterocycles. The highest BCUT2D eigenvalue weighted by molar-refractivity contribution is 6.34. The van der Waals surface area contributed by atoms with Crippen molar-refractivity contribution in [2.45, 2.75) is 0 Å². The number of carbonyl (C=O) groups excluding carboxylic acids is 1. The minimum Gasteiger partial charge on any atom is -0.478 e. The van der Waals surface area contributed by atoms with E-state index in [0.717, 1.165) is 11.6 Å². The lowest BCUT2D eigenvalue weighted by molar-refractivity contribution is -0.131. The second kappa shape index (κ2) is 6.72. The number of benzene rings is 2. The standard InChI is InChI=1S/C16H12ClNO3/c17-14-4-2-1-3-13(14)16(21)18-12-8-5-11(6-9-12)7-10-15(19)20/h1-10H,(H,18,21)(H,19,20)/b10-7+. The molecule has 0 aliphatic heterocycles. The van der Waals surface area contributed by atoms with Crippen molar-refractivity contribution in [1.29, 1.82) is 0 Å². The minimum absolute atomic E-state index is 0.297. The molecule has 0 radical (unpaired) electrons. The third kappa shape index (κ3) is 4.19. The van der Waals surface area contributed by atoms with Gasteiger partial charge in [0, 0.05) is 11.8 Å². The number of aliphatic carboxylic acids is 1. The Morgan fingerprint density at radius 3 is 2.33 bits per heavy atom. The van der Waals surface area contributed by atoms with Crippen LogP contribution < -0.4 is 5.32 Å². The largest absolute Gasteiger partial charge is 0.478 e. The Balaban J connectivity index is 2.09. The van der Waals surface area contributed by atoms with E-state index in [0.29, 0.717) is 16.3 Å². The first-order valence-electron chi connectivity index (χ1n) is 6.13. The van der Waals surface area contributed by atoms with Gasteiger partial charge in [-0.25, -0.2) is 4.79 Å². The van der Waals surface area contributed by atoms with Gasteiger partial charge in [-0.05, 0) is 35.9 Å². The molecule has 0 heterocycles. The lowest BCUT2D eigenvalue weighted by Crippen LogP contribution is -2.12. The zero-order valence-corrected chi connectivity index (χ0v) is 11.7. The van der Waals surface area contributed by atoms with Gasteiger partial charge in [0.05, 0.1) is 10.6 Å². The van der Waals surface area contributed by atoms with Crippen molar-refractivity contribution in [1.82, 2.24) is 0 Å². The second-order valence-corrected chi connectivity index (χ2v) is 4.63. The van der Waals surface area contributed by atoms with E-state index in [1.54, 1.807) is 48.5 Å².